The third kappa shape index (κ3) is 3.79. The lowest BCUT2D eigenvalue weighted by Gasteiger charge is -2.42. The number of aromatic amines is 1. The van der Waals surface area contributed by atoms with Crippen LogP contribution in [-0.4, -0.2) is 38.8 Å². The summed E-state index contributed by atoms with van der Waals surface area (Å²) >= 11 is 1.76. The van der Waals surface area contributed by atoms with Crippen molar-refractivity contribution in [2.24, 2.45) is 0 Å². The van der Waals surface area contributed by atoms with Gasteiger partial charge in [-0.3, -0.25) is 4.79 Å². The summed E-state index contributed by atoms with van der Waals surface area (Å²) in [6, 6.07) is 6.98. The Kier molecular flexibility index (Phi) is 5.24. The van der Waals surface area contributed by atoms with Crippen molar-refractivity contribution in [3.63, 3.8) is 0 Å². The topological polar surface area (TPSA) is 61.9 Å². The van der Waals surface area contributed by atoms with Gasteiger partial charge in [0.1, 0.15) is 5.69 Å². The van der Waals surface area contributed by atoms with E-state index < -0.39 is 0 Å². The number of nitrogens with zero attached hydrogens (tertiary/aromatic N) is 3. The van der Waals surface area contributed by atoms with Gasteiger partial charge in [0.25, 0.3) is 5.91 Å². The Morgan fingerprint density at radius 1 is 1.09 bits per heavy atom. The molecule has 3 aromatic rings. The zero-order chi connectivity index (χ0) is 22.5. The predicted molar refractivity (Wildman–Crippen MR) is 129 cm³/mol. The molecule has 5 rings (SSSR count). The number of rotatable bonds is 3. The number of likely N-dealkylation sites (tertiary alicyclic amines) is 1. The fourth-order valence-corrected chi connectivity index (χ4v) is 6.23. The molecule has 0 atom stereocenters. The van der Waals surface area contributed by atoms with Crippen molar-refractivity contribution in [3.05, 3.63) is 57.9 Å². The number of piperidine rings is 1. The van der Waals surface area contributed by atoms with Gasteiger partial charge in [-0.05, 0) is 53.7 Å². The SMILES string of the molecule is CC1(C)CCC(C)(C)c2cc(-c3csc(C4CCN(C(=O)c5cnc[nH]5)CC4)n3)ccc21. The number of fused-ring (bicyclic) bond motifs is 1. The Morgan fingerprint density at radius 3 is 2.50 bits per heavy atom. The van der Waals surface area contributed by atoms with E-state index in [0.717, 1.165) is 31.6 Å². The maximum absolute atomic E-state index is 12.6. The number of carbonyl (C=O) groups excluding carboxylic acids is 1. The van der Waals surface area contributed by atoms with E-state index in [1.807, 2.05) is 4.90 Å². The molecule has 0 unspecified atom stereocenters. The number of benzene rings is 1. The third-order valence-corrected chi connectivity index (χ3v) is 8.54. The molecule has 2 aromatic heterocycles. The van der Waals surface area contributed by atoms with Crippen LogP contribution >= 0.6 is 11.3 Å². The van der Waals surface area contributed by atoms with E-state index >= 15 is 0 Å². The smallest absolute Gasteiger partial charge is 0.271 e. The highest BCUT2D eigenvalue weighted by Crippen LogP contribution is 2.47. The number of amides is 1. The van der Waals surface area contributed by atoms with Crippen molar-refractivity contribution in [1.82, 2.24) is 19.9 Å². The molecule has 1 fully saturated rings. The Morgan fingerprint density at radius 2 is 1.81 bits per heavy atom. The van der Waals surface area contributed by atoms with E-state index in [-0.39, 0.29) is 16.7 Å². The predicted octanol–water partition coefficient (Wildman–Crippen LogP) is 5.90. The quantitative estimate of drug-likeness (QED) is 0.542. The molecule has 1 aliphatic carbocycles. The van der Waals surface area contributed by atoms with Gasteiger partial charge in [-0.2, -0.15) is 0 Å². The van der Waals surface area contributed by atoms with Crippen molar-refractivity contribution in [3.8, 4) is 11.3 Å². The third-order valence-electron chi connectivity index (χ3n) is 7.53. The number of carbonyl (C=O) groups is 1. The highest BCUT2D eigenvalue weighted by molar-refractivity contribution is 7.10. The van der Waals surface area contributed by atoms with E-state index in [2.05, 4.69) is 61.2 Å². The molecule has 5 nitrogen and oxygen atoms in total. The van der Waals surface area contributed by atoms with Crippen LogP contribution in [0.4, 0.5) is 0 Å². The molecule has 2 aliphatic rings. The van der Waals surface area contributed by atoms with Crippen LogP contribution in [-0.2, 0) is 10.8 Å². The van der Waals surface area contributed by atoms with E-state index in [9.17, 15) is 4.79 Å². The lowest BCUT2D eigenvalue weighted by Crippen LogP contribution is -2.38. The van der Waals surface area contributed by atoms with Crippen LogP contribution in [0.5, 0.6) is 0 Å². The van der Waals surface area contributed by atoms with E-state index in [0.29, 0.717) is 11.6 Å². The Labute approximate surface area is 194 Å². The first kappa shape index (κ1) is 21.4. The lowest BCUT2D eigenvalue weighted by molar-refractivity contribution is 0.0707. The van der Waals surface area contributed by atoms with Crippen LogP contribution in [0.25, 0.3) is 11.3 Å². The first-order valence-corrected chi connectivity index (χ1v) is 12.5. The number of hydrogen-bond acceptors (Lipinski definition) is 4. The largest absolute Gasteiger partial charge is 0.341 e. The highest BCUT2D eigenvalue weighted by Gasteiger charge is 2.37. The molecule has 0 bridgehead atoms. The molecule has 1 aliphatic heterocycles. The maximum atomic E-state index is 12.6. The monoisotopic (exact) mass is 448 g/mol. The number of hydrogen-bond donors (Lipinski definition) is 1. The van der Waals surface area contributed by atoms with Gasteiger partial charge in [-0.15, -0.1) is 11.3 Å². The molecular weight excluding hydrogens is 416 g/mol. The first-order chi connectivity index (χ1) is 15.2. The summed E-state index contributed by atoms with van der Waals surface area (Å²) in [5, 5.41) is 3.41. The Balaban J connectivity index is 1.32. The van der Waals surface area contributed by atoms with Gasteiger partial charge in [-0.1, -0.05) is 39.8 Å². The Hall–Kier alpha value is -2.47. The number of imidazole rings is 1. The molecule has 0 spiro atoms. The van der Waals surface area contributed by atoms with Crippen molar-refractivity contribution in [2.45, 2.75) is 70.1 Å². The number of aromatic nitrogens is 3. The zero-order valence-electron chi connectivity index (χ0n) is 19.4. The Bertz CT molecular complexity index is 1120. The van der Waals surface area contributed by atoms with E-state index in [1.54, 1.807) is 23.9 Å². The fourth-order valence-electron chi connectivity index (χ4n) is 5.23. The fraction of sp³-hybridized carbons (Fsp3) is 0.500. The van der Waals surface area contributed by atoms with E-state index in [4.69, 9.17) is 4.98 Å². The molecule has 3 heterocycles. The molecule has 1 aromatic carbocycles. The minimum Gasteiger partial charge on any atom is -0.341 e. The van der Waals surface area contributed by atoms with Gasteiger partial charge < -0.3 is 9.88 Å². The molecule has 0 radical (unpaired) electrons. The van der Waals surface area contributed by atoms with Gasteiger partial charge in [0.05, 0.1) is 23.2 Å². The van der Waals surface area contributed by atoms with Gasteiger partial charge in [-0.25, -0.2) is 9.97 Å². The minimum atomic E-state index is 0.0420. The average Bonchev–Trinajstić information content (AvgIpc) is 3.49. The molecule has 1 saturated heterocycles. The van der Waals surface area contributed by atoms with Crippen molar-refractivity contribution in [1.29, 1.82) is 0 Å². The lowest BCUT2D eigenvalue weighted by atomic mass is 9.63. The molecule has 32 heavy (non-hydrogen) atoms. The minimum absolute atomic E-state index is 0.0420. The first-order valence-electron chi connectivity index (χ1n) is 11.6. The van der Waals surface area contributed by atoms with Crippen LogP contribution in [0.3, 0.4) is 0 Å². The average molecular weight is 449 g/mol. The number of nitrogens with one attached hydrogen (secondary N) is 1. The number of H-pyrrole nitrogens is 1. The molecule has 6 heteroatoms. The maximum Gasteiger partial charge on any atom is 0.271 e. The second-order valence-corrected chi connectivity index (χ2v) is 11.5. The van der Waals surface area contributed by atoms with Gasteiger partial charge in [0.2, 0.25) is 0 Å². The summed E-state index contributed by atoms with van der Waals surface area (Å²) in [4.78, 5) is 26.4. The van der Waals surface area contributed by atoms with Crippen LogP contribution in [0.1, 0.15) is 85.9 Å². The van der Waals surface area contributed by atoms with Gasteiger partial charge in [0, 0.05) is 30.0 Å². The molecular formula is C26H32N4OS. The molecule has 0 saturated carbocycles. The number of thiazole rings is 1. The highest BCUT2D eigenvalue weighted by atomic mass is 32.1. The van der Waals surface area contributed by atoms with Gasteiger partial charge >= 0.3 is 0 Å². The van der Waals surface area contributed by atoms with Crippen molar-refractivity contribution < 1.29 is 4.79 Å². The summed E-state index contributed by atoms with van der Waals surface area (Å²) in [6.07, 6.45) is 7.52. The van der Waals surface area contributed by atoms with Crippen LogP contribution in [0, 0.1) is 0 Å². The molecule has 1 amide bonds. The van der Waals surface area contributed by atoms with Crippen LogP contribution in [0.15, 0.2) is 36.1 Å². The van der Waals surface area contributed by atoms with E-state index in [1.165, 1.54) is 34.5 Å². The summed E-state index contributed by atoms with van der Waals surface area (Å²) in [6.45, 7) is 11.0. The second kappa shape index (κ2) is 7.84. The summed E-state index contributed by atoms with van der Waals surface area (Å²) in [7, 11) is 0. The zero-order valence-corrected chi connectivity index (χ0v) is 20.3. The van der Waals surface area contributed by atoms with Gasteiger partial charge in [0.15, 0.2) is 0 Å². The van der Waals surface area contributed by atoms with Crippen molar-refractivity contribution in [2.75, 3.05) is 13.1 Å². The van der Waals surface area contributed by atoms with Crippen molar-refractivity contribution >= 4 is 17.2 Å². The van der Waals surface area contributed by atoms with Crippen LogP contribution in [0.2, 0.25) is 0 Å². The standard InChI is InChI=1S/C26H32N4OS/c1-25(2)9-10-26(3,4)20-13-18(5-6-19(20)25)22-15-32-23(29-22)17-7-11-30(12-8-17)24(31)21-14-27-16-28-21/h5-6,13-17H,7-12H2,1-4H3,(H,27,28). The summed E-state index contributed by atoms with van der Waals surface area (Å²) in [5.41, 5.74) is 6.28. The van der Waals surface area contributed by atoms with Crippen LogP contribution < -0.4 is 0 Å². The second-order valence-electron chi connectivity index (χ2n) is 10.6. The normalized spacial score (nSPS) is 20.2. The summed E-state index contributed by atoms with van der Waals surface area (Å²) in [5.74, 6) is 0.466. The molecule has 168 valence electrons. The summed E-state index contributed by atoms with van der Waals surface area (Å²) < 4.78 is 0. The molecule has 1 N–H and O–H groups in total.